The SMILES string of the molecule is CCCOC(=O)Cc1ccc(OCC(=O)N(CC)CC)c(OC(F)(F)C(F)Br)c1. The molecule has 1 unspecified atom stereocenters. The number of amides is 1. The average Bonchev–Trinajstić information content (AvgIpc) is 2.66. The highest BCUT2D eigenvalue weighted by molar-refractivity contribution is 9.09. The van der Waals surface area contributed by atoms with E-state index in [1.54, 1.807) is 13.8 Å². The Kier molecular flexibility index (Phi) is 10.3. The summed E-state index contributed by atoms with van der Waals surface area (Å²) in [6.07, 6.45) is -3.74. The molecule has 0 fully saturated rings. The van der Waals surface area contributed by atoms with Gasteiger partial charge in [-0.2, -0.15) is 8.78 Å². The number of hydrogen-bond donors (Lipinski definition) is 0. The molecule has 0 bridgehead atoms. The van der Waals surface area contributed by atoms with Gasteiger partial charge in [-0.1, -0.05) is 13.0 Å². The van der Waals surface area contributed by atoms with Gasteiger partial charge in [0.25, 0.3) is 11.0 Å². The van der Waals surface area contributed by atoms with E-state index in [4.69, 9.17) is 9.47 Å². The van der Waals surface area contributed by atoms with Gasteiger partial charge in [-0.25, -0.2) is 4.39 Å². The van der Waals surface area contributed by atoms with E-state index < -0.39 is 29.5 Å². The number of esters is 1. The maximum atomic E-state index is 13.7. The van der Waals surface area contributed by atoms with Crippen LogP contribution in [0.1, 0.15) is 32.8 Å². The summed E-state index contributed by atoms with van der Waals surface area (Å²) in [6.45, 7) is 6.18. The van der Waals surface area contributed by atoms with Crippen molar-refractivity contribution in [3.05, 3.63) is 23.8 Å². The van der Waals surface area contributed by atoms with Crippen molar-refractivity contribution >= 4 is 27.8 Å². The topological polar surface area (TPSA) is 65.1 Å². The second-order valence-corrected chi connectivity index (χ2v) is 6.80. The standard InChI is InChI=1S/C19H25BrF3NO5/c1-4-9-27-17(26)11-13-7-8-14(28-12-16(25)24(5-2)6-3)15(10-13)29-19(22,23)18(20)21/h7-8,10,18H,4-6,9,11-12H2,1-3H3. The molecule has 0 aliphatic heterocycles. The van der Waals surface area contributed by atoms with E-state index in [2.05, 4.69) is 20.7 Å². The Morgan fingerprint density at radius 3 is 2.38 bits per heavy atom. The van der Waals surface area contributed by atoms with Gasteiger partial charge >= 0.3 is 12.1 Å². The molecule has 6 nitrogen and oxygen atoms in total. The van der Waals surface area contributed by atoms with Crippen molar-refractivity contribution in [2.75, 3.05) is 26.3 Å². The number of ether oxygens (including phenoxy) is 3. The number of halogens is 4. The molecule has 1 rings (SSSR count). The van der Waals surface area contributed by atoms with Crippen LogP contribution in [-0.4, -0.2) is 54.3 Å². The van der Waals surface area contributed by atoms with Crippen molar-refractivity contribution in [2.45, 2.75) is 44.8 Å². The normalized spacial score (nSPS) is 12.2. The predicted molar refractivity (Wildman–Crippen MR) is 104 cm³/mol. The van der Waals surface area contributed by atoms with Gasteiger partial charge in [-0.3, -0.25) is 9.59 Å². The molecule has 10 heteroatoms. The number of rotatable bonds is 12. The zero-order valence-corrected chi connectivity index (χ0v) is 18.1. The first kappa shape index (κ1) is 25.1. The molecule has 1 atom stereocenters. The molecule has 0 saturated carbocycles. The number of carbonyl (C=O) groups is 2. The predicted octanol–water partition coefficient (Wildman–Crippen LogP) is 4.09. The zero-order valence-electron chi connectivity index (χ0n) is 16.6. The van der Waals surface area contributed by atoms with E-state index in [-0.39, 0.29) is 24.7 Å². The first-order valence-electron chi connectivity index (χ1n) is 9.18. The molecule has 0 N–H and O–H groups in total. The second-order valence-electron chi connectivity index (χ2n) is 6.00. The molecule has 0 aromatic heterocycles. The van der Waals surface area contributed by atoms with Crippen molar-refractivity contribution in [3.8, 4) is 11.5 Å². The Hall–Kier alpha value is -1.97. The molecule has 0 heterocycles. The van der Waals surface area contributed by atoms with Gasteiger partial charge < -0.3 is 19.1 Å². The van der Waals surface area contributed by atoms with Crippen molar-refractivity contribution < 1.29 is 37.0 Å². The molecule has 0 spiro atoms. The van der Waals surface area contributed by atoms with Crippen LogP contribution in [0.3, 0.4) is 0 Å². The van der Waals surface area contributed by atoms with Gasteiger partial charge in [0, 0.05) is 13.1 Å². The summed E-state index contributed by atoms with van der Waals surface area (Å²) >= 11 is 2.15. The monoisotopic (exact) mass is 483 g/mol. The van der Waals surface area contributed by atoms with Crippen LogP contribution in [0.4, 0.5) is 13.2 Å². The van der Waals surface area contributed by atoms with E-state index >= 15 is 0 Å². The van der Waals surface area contributed by atoms with Crippen LogP contribution in [0.15, 0.2) is 18.2 Å². The van der Waals surface area contributed by atoms with Crippen LogP contribution < -0.4 is 9.47 Å². The molecule has 164 valence electrons. The van der Waals surface area contributed by atoms with Crippen LogP contribution in [0.2, 0.25) is 0 Å². The van der Waals surface area contributed by atoms with Gasteiger partial charge in [0.15, 0.2) is 18.1 Å². The summed E-state index contributed by atoms with van der Waals surface area (Å²) in [5, 5.41) is -2.77. The molecule has 1 aromatic rings. The van der Waals surface area contributed by atoms with E-state index in [0.29, 0.717) is 25.1 Å². The quantitative estimate of drug-likeness (QED) is 0.331. The van der Waals surface area contributed by atoms with Crippen LogP contribution in [-0.2, 0) is 20.7 Å². The highest BCUT2D eigenvalue weighted by Gasteiger charge is 2.42. The van der Waals surface area contributed by atoms with Gasteiger partial charge in [-0.15, -0.1) is 0 Å². The molecule has 1 amide bonds. The summed E-state index contributed by atoms with van der Waals surface area (Å²) in [7, 11) is 0. The maximum Gasteiger partial charge on any atom is 0.440 e. The molecule has 0 saturated heterocycles. The molecular weight excluding hydrogens is 459 g/mol. The van der Waals surface area contributed by atoms with Crippen LogP contribution in [0.5, 0.6) is 11.5 Å². The highest BCUT2D eigenvalue weighted by atomic mass is 79.9. The Balaban J connectivity index is 3.03. The van der Waals surface area contributed by atoms with Crippen LogP contribution in [0, 0.1) is 0 Å². The van der Waals surface area contributed by atoms with E-state index in [1.807, 2.05) is 6.92 Å². The average molecular weight is 484 g/mol. The number of likely N-dealkylation sites (N-methyl/N-ethyl adjacent to an activating group) is 1. The van der Waals surface area contributed by atoms with E-state index in [9.17, 15) is 22.8 Å². The van der Waals surface area contributed by atoms with Crippen LogP contribution in [0.25, 0.3) is 0 Å². The number of carbonyl (C=O) groups excluding carboxylic acids is 2. The first-order chi connectivity index (χ1) is 13.6. The summed E-state index contributed by atoms with van der Waals surface area (Å²) in [6, 6.07) is 3.87. The molecular formula is C19H25BrF3NO5. The molecule has 0 aliphatic rings. The Labute approximate surface area is 176 Å². The van der Waals surface area contributed by atoms with Crippen LogP contribution >= 0.6 is 15.9 Å². The van der Waals surface area contributed by atoms with Crippen molar-refractivity contribution in [1.29, 1.82) is 0 Å². The van der Waals surface area contributed by atoms with Crippen molar-refractivity contribution in [3.63, 3.8) is 0 Å². The Bertz CT molecular complexity index is 684. The summed E-state index contributed by atoms with van der Waals surface area (Å²) in [4.78, 5) is 25.3. The minimum absolute atomic E-state index is 0.177. The number of alkyl halides is 4. The largest absolute Gasteiger partial charge is 0.480 e. The Morgan fingerprint density at radius 2 is 1.83 bits per heavy atom. The highest BCUT2D eigenvalue weighted by Crippen LogP contribution is 2.36. The minimum Gasteiger partial charge on any atom is -0.480 e. The summed E-state index contributed by atoms with van der Waals surface area (Å²) in [5.74, 6) is -1.56. The van der Waals surface area contributed by atoms with Gasteiger partial charge in [0.2, 0.25) is 0 Å². The van der Waals surface area contributed by atoms with Gasteiger partial charge in [-0.05, 0) is 53.9 Å². The summed E-state index contributed by atoms with van der Waals surface area (Å²) < 4.78 is 55.4. The molecule has 1 aromatic carbocycles. The number of benzene rings is 1. The zero-order chi connectivity index (χ0) is 22.0. The fraction of sp³-hybridized carbons (Fsp3) is 0.579. The molecule has 0 radical (unpaired) electrons. The smallest absolute Gasteiger partial charge is 0.440 e. The van der Waals surface area contributed by atoms with E-state index in [1.165, 1.54) is 17.0 Å². The number of hydrogen-bond acceptors (Lipinski definition) is 5. The lowest BCUT2D eigenvalue weighted by atomic mass is 10.1. The lowest BCUT2D eigenvalue weighted by molar-refractivity contribution is -0.195. The number of nitrogens with zero attached hydrogens (tertiary/aromatic N) is 1. The van der Waals surface area contributed by atoms with Gasteiger partial charge in [0.05, 0.1) is 13.0 Å². The first-order valence-corrected chi connectivity index (χ1v) is 10.1. The third kappa shape index (κ3) is 8.12. The Morgan fingerprint density at radius 1 is 1.17 bits per heavy atom. The van der Waals surface area contributed by atoms with Gasteiger partial charge in [0.1, 0.15) is 0 Å². The maximum absolute atomic E-state index is 13.7. The van der Waals surface area contributed by atoms with Crippen molar-refractivity contribution in [1.82, 2.24) is 4.90 Å². The molecule has 0 aliphatic carbocycles. The van der Waals surface area contributed by atoms with Crippen molar-refractivity contribution in [2.24, 2.45) is 0 Å². The van der Waals surface area contributed by atoms with E-state index in [0.717, 1.165) is 6.07 Å². The third-order valence-electron chi connectivity index (χ3n) is 3.79. The molecule has 29 heavy (non-hydrogen) atoms. The minimum atomic E-state index is -4.19. The second kappa shape index (κ2) is 11.9. The lowest BCUT2D eigenvalue weighted by Gasteiger charge is -2.22. The summed E-state index contributed by atoms with van der Waals surface area (Å²) in [5.41, 5.74) is 0.310. The third-order valence-corrected chi connectivity index (χ3v) is 4.32. The fourth-order valence-corrected chi connectivity index (χ4v) is 2.39. The lowest BCUT2D eigenvalue weighted by Crippen LogP contribution is -2.35. The fourth-order valence-electron chi connectivity index (χ4n) is 2.29.